The zero-order valence-corrected chi connectivity index (χ0v) is 7.28. The maximum absolute atomic E-state index is 5.90. The first kappa shape index (κ1) is 8.00. The van der Waals surface area contributed by atoms with Crippen LogP contribution in [0, 0.1) is 0 Å². The van der Waals surface area contributed by atoms with E-state index in [1.54, 1.807) is 12.3 Å². The number of H-pyrrole nitrogens is 1. The summed E-state index contributed by atoms with van der Waals surface area (Å²) in [5, 5.41) is 10.4. The number of hydrogen-bond acceptors (Lipinski definition) is 4. The second kappa shape index (κ2) is 3.02. The van der Waals surface area contributed by atoms with E-state index in [-0.39, 0.29) is 0 Å². The van der Waals surface area contributed by atoms with Gasteiger partial charge >= 0.3 is 0 Å². The second-order valence-electron chi connectivity index (χ2n) is 2.46. The van der Waals surface area contributed by atoms with Gasteiger partial charge in [-0.2, -0.15) is 0 Å². The summed E-state index contributed by atoms with van der Waals surface area (Å²) in [6.45, 7) is 0. The van der Waals surface area contributed by atoms with Crippen molar-refractivity contribution in [3.63, 3.8) is 0 Å². The smallest absolute Gasteiger partial charge is 0.132 e. The molecular weight excluding hydrogens is 190 g/mol. The molecule has 13 heavy (non-hydrogen) atoms. The average Bonchev–Trinajstić information content (AvgIpc) is 2.56. The molecular formula is C7H6ClN5. The number of pyridine rings is 1. The third-order valence-electron chi connectivity index (χ3n) is 1.52. The van der Waals surface area contributed by atoms with Gasteiger partial charge in [-0.1, -0.05) is 16.8 Å². The summed E-state index contributed by atoms with van der Waals surface area (Å²) >= 11 is 5.90. The minimum atomic E-state index is 0.467. The van der Waals surface area contributed by atoms with Crippen molar-refractivity contribution >= 4 is 17.3 Å². The number of nitrogens with zero attached hydrogens (tertiary/aromatic N) is 3. The molecule has 0 saturated heterocycles. The van der Waals surface area contributed by atoms with Crippen LogP contribution in [-0.4, -0.2) is 20.4 Å². The Kier molecular flexibility index (Phi) is 1.86. The molecule has 0 bridgehead atoms. The van der Waals surface area contributed by atoms with Gasteiger partial charge in [0, 0.05) is 0 Å². The largest absolute Gasteiger partial charge is 0.397 e. The van der Waals surface area contributed by atoms with E-state index in [4.69, 9.17) is 17.3 Å². The van der Waals surface area contributed by atoms with Gasteiger partial charge in [0.25, 0.3) is 0 Å². The van der Waals surface area contributed by atoms with Crippen LogP contribution in [0.2, 0.25) is 5.02 Å². The highest BCUT2D eigenvalue weighted by Gasteiger charge is 2.07. The molecule has 66 valence electrons. The Morgan fingerprint density at radius 1 is 1.46 bits per heavy atom. The maximum atomic E-state index is 5.90. The lowest BCUT2D eigenvalue weighted by molar-refractivity contribution is 0.941. The van der Waals surface area contributed by atoms with Gasteiger partial charge in [-0.05, 0) is 6.07 Å². The van der Waals surface area contributed by atoms with E-state index in [1.165, 1.54) is 6.20 Å². The van der Waals surface area contributed by atoms with Crippen molar-refractivity contribution in [1.29, 1.82) is 0 Å². The number of aromatic nitrogens is 4. The summed E-state index contributed by atoms with van der Waals surface area (Å²) in [5.41, 5.74) is 7.19. The first-order valence-electron chi connectivity index (χ1n) is 3.55. The number of rotatable bonds is 1. The maximum Gasteiger partial charge on any atom is 0.132 e. The fourth-order valence-electron chi connectivity index (χ4n) is 0.959. The van der Waals surface area contributed by atoms with Crippen LogP contribution >= 0.6 is 11.6 Å². The monoisotopic (exact) mass is 195 g/mol. The van der Waals surface area contributed by atoms with Crippen LogP contribution < -0.4 is 5.73 Å². The van der Waals surface area contributed by atoms with E-state index >= 15 is 0 Å². The first-order valence-corrected chi connectivity index (χ1v) is 3.93. The molecule has 0 aliphatic carbocycles. The summed E-state index contributed by atoms with van der Waals surface area (Å²) in [6.07, 6.45) is 3.14. The SMILES string of the molecule is Nc1cnc(-c2c[nH]nn2)c(Cl)c1. The van der Waals surface area contributed by atoms with E-state index < -0.39 is 0 Å². The molecule has 0 atom stereocenters. The Morgan fingerprint density at radius 2 is 2.31 bits per heavy atom. The van der Waals surface area contributed by atoms with Crippen molar-refractivity contribution in [3.05, 3.63) is 23.5 Å². The van der Waals surface area contributed by atoms with Crippen LogP contribution in [0.3, 0.4) is 0 Å². The minimum absolute atomic E-state index is 0.467. The summed E-state index contributed by atoms with van der Waals surface area (Å²) < 4.78 is 0. The molecule has 0 aromatic carbocycles. The van der Waals surface area contributed by atoms with Crippen molar-refractivity contribution < 1.29 is 0 Å². The fraction of sp³-hybridized carbons (Fsp3) is 0. The summed E-state index contributed by atoms with van der Waals surface area (Å²) in [4.78, 5) is 4.04. The number of nitrogen functional groups attached to an aromatic ring is 1. The van der Waals surface area contributed by atoms with Gasteiger partial charge in [-0.15, -0.1) is 5.10 Å². The van der Waals surface area contributed by atoms with Crippen LogP contribution in [0.25, 0.3) is 11.4 Å². The van der Waals surface area contributed by atoms with E-state index in [1.807, 2.05) is 0 Å². The molecule has 0 unspecified atom stereocenters. The number of aromatic amines is 1. The molecule has 3 N–H and O–H groups in total. The van der Waals surface area contributed by atoms with Crippen LogP contribution in [0.4, 0.5) is 5.69 Å². The lowest BCUT2D eigenvalue weighted by Gasteiger charge is -1.98. The molecule has 0 aliphatic rings. The first-order chi connectivity index (χ1) is 6.27. The highest BCUT2D eigenvalue weighted by Crippen LogP contribution is 2.24. The molecule has 0 radical (unpaired) electrons. The Labute approximate surface area is 78.9 Å². The molecule has 2 heterocycles. The van der Waals surface area contributed by atoms with E-state index in [9.17, 15) is 0 Å². The van der Waals surface area contributed by atoms with Crippen LogP contribution in [-0.2, 0) is 0 Å². The predicted octanol–water partition coefficient (Wildman–Crippen LogP) is 1.10. The van der Waals surface area contributed by atoms with E-state index in [0.717, 1.165) is 0 Å². The Hall–Kier alpha value is -1.62. The third-order valence-corrected chi connectivity index (χ3v) is 1.81. The van der Waals surface area contributed by atoms with Crippen molar-refractivity contribution in [2.45, 2.75) is 0 Å². The van der Waals surface area contributed by atoms with Crippen molar-refractivity contribution in [1.82, 2.24) is 20.4 Å². The normalized spacial score (nSPS) is 10.2. The van der Waals surface area contributed by atoms with Gasteiger partial charge in [0.1, 0.15) is 11.4 Å². The Bertz CT molecular complexity index is 411. The highest BCUT2D eigenvalue weighted by atomic mass is 35.5. The second-order valence-corrected chi connectivity index (χ2v) is 2.86. The molecule has 2 aromatic rings. The summed E-state index contributed by atoms with van der Waals surface area (Å²) in [6, 6.07) is 1.62. The van der Waals surface area contributed by atoms with Crippen LogP contribution in [0.1, 0.15) is 0 Å². The van der Waals surface area contributed by atoms with E-state index in [2.05, 4.69) is 20.4 Å². The van der Waals surface area contributed by atoms with Crippen molar-refractivity contribution in [3.8, 4) is 11.4 Å². The van der Waals surface area contributed by atoms with Gasteiger partial charge in [0.05, 0.1) is 23.1 Å². The standard InChI is InChI=1S/C7H6ClN5/c8-5-1-4(9)2-10-7(5)6-3-11-13-12-6/h1-3H,9H2,(H,11,12,13). The zero-order valence-electron chi connectivity index (χ0n) is 6.53. The molecule has 2 rings (SSSR count). The average molecular weight is 196 g/mol. The Balaban J connectivity index is 2.53. The summed E-state index contributed by atoms with van der Waals surface area (Å²) in [5.74, 6) is 0. The third kappa shape index (κ3) is 1.46. The lowest BCUT2D eigenvalue weighted by atomic mass is 10.3. The number of nitrogens with two attached hydrogens (primary N) is 1. The molecule has 2 aromatic heterocycles. The number of anilines is 1. The van der Waals surface area contributed by atoms with Crippen molar-refractivity contribution in [2.75, 3.05) is 5.73 Å². The molecule has 0 saturated carbocycles. The highest BCUT2D eigenvalue weighted by molar-refractivity contribution is 6.33. The van der Waals surface area contributed by atoms with Gasteiger partial charge in [-0.3, -0.25) is 10.1 Å². The predicted molar refractivity (Wildman–Crippen MR) is 49.0 cm³/mol. The molecule has 0 amide bonds. The summed E-state index contributed by atoms with van der Waals surface area (Å²) in [7, 11) is 0. The molecule has 5 nitrogen and oxygen atoms in total. The lowest BCUT2D eigenvalue weighted by Crippen LogP contribution is -1.90. The Morgan fingerprint density at radius 3 is 2.92 bits per heavy atom. The van der Waals surface area contributed by atoms with Gasteiger partial charge < -0.3 is 5.73 Å². The van der Waals surface area contributed by atoms with Gasteiger partial charge in [0.2, 0.25) is 0 Å². The van der Waals surface area contributed by atoms with Crippen LogP contribution in [0.5, 0.6) is 0 Å². The molecule has 0 fully saturated rings. The topological polar surface area (TPSA) is 80.5 Å². The number of halogens is 1. The molecule has 0 spiro atoms. The fourth-order valence-corrected chi connectivity index (χ4v) is 1.23. The quantitative estimate of drug-likeness (QED) is 0.714. The number of nitrogens with one attached hydrogen (secondary N) is 1. The minimum Gasteiger partial charge on any atom is -0.397 e. The zero-order chi connectivity index (χ0) is 9.26. The number of hydrogen-bond donors (Lipinski definition) is 2. The van der Waals surface area contributed by atoms with Gasteiger partial charge in [0.15, 0.2) is 0 Å². The van der Waals surface area contributed by atoms with E-state index in [0.29, 0.717) is 22.1 Å². The van der Waals surface area contributed by atoms with Crippen molar-refractivity contribution in [2.24, 2.45) is 0 Å². The molecule has 0 aliphatic heterocycles. The molecule has 6 heteroatoms. The van der Waals surface area contributed by atoms with Crippen LogP contribution in [0.15, 0.2) is 18.5 Å². The van der Waals surface area contributed by atoms with Gasteiger partial charge in [-0.25, -0.2) is 0 Å².